The number of aliphatic hydroxyl groups excluding tert-OH is 1. The fourth-order valence-electron chi connectivity index (χ4n) is 0. The molecule has 20 valence electrons. The summed E-state index contributed by atoms with van der Waals surface area (Å²) in [6.07, 6.45) is 0. The summed E-state index contributed by atoms with van der Waals surface area (Å²) in [6, 6.07) is 0. The van der Waals surface area contributed by atoms with Gasteiger partial charge in [0.05, 0.1) is 0 Å². The minimum absolute atomic E-state index is 0. The molecule has 0 rings (SSSR count). The zero-order valence-corrected chi connectivity index (χ0v) is 22.5. The van der Waals surface area contributed by atoms with Crippen LogP contribution in [0.25, 0.3) is 0 Å². The Labute approximate surface area is 13.5 Å². The fraction of sp³-hybridized carbons (Fsp3) is 0. The van der Waals surface area contributed by atoms with Crippen LogP contribution in [0.15, 0.2) is 0 Å². The van der Waals surface area contributed by atoms with E-state index in [0.29, 0.717) is 0 Å². The zero-order valence-electron chi connectivity index (χ0n) is 3.28. The van der Waals surface area contributed by atoms with Crippen LogP contribution in [-0.2, 0) is 0 Å². The van der Waals surface area contributed by atoms with Gasteiger partial charge in [-0.2, -0.15) is 0 Å². The molecular formula is CH3ORf3-. The molecule has 0 bridgehead atoms. The standard InChI is InChI=1S/CH3O.3Rf/c1-2;;;/h2H,1H2;;;/q-1;;;. The second-order valence-corrected chi connectivity index (χ2v) is 0. The molecule has 4 heteroatoms. The maximum Gasteiger partial charge on any atom is 0 e. The topological polar surface area (TPSA) is 20.2 Å². The third-order valence-electron chi connectivity index (χ3n) is 0. The Balaban J connectivity index is -0.00000000167. The predicted octanol–water partition coefficient (Wildman–Crippen LogP) is 0.150. The summed E-state index contributed by atoms with van der Waals surface area (Å²) in [5.74, 6) is 0. The Kier molecular flexibility index (Phi) is 0.0000144. The van der Waals surface area contributed by atoms with Crippen molar-refractivity contribution in [3.8, 4) is 0 Å². The van der Waals surface area contributed by atoms with Crippen molar-refractivity contribution >= 4 is 0 Å². The maximum atomic E-state index is 6.75. The zero-order chi connectivity index (χ0) is 2.00. The molecular weight excluding hydrogens is 829 g/mol. The Morgan fingerprint density at radius 2 is 0.800 bits per heavy atom. The van der Waals surface area contributed by atoms with Crippen LogP contribution < -0.4 is 0 Å². The summed E-state index contributed by atoms with van der Waals surface area (Å²) in [7, 11) is 2.25. The van der Waals surface area contributed by atoms with Crippen LogP contribution in [0.4, 0.5) is 0 Å². The van der Waals surface area contributed by atoms with Gasteiger partial charge in [0.1, 0.15) is 0 Å². The van der Waals surface area contributed by atoms with Gasteiger partial charge in [-0.25, -0.2) is 7.11 Å². The molecule has 0 saturated carbocycles. The van der Waals surface area contributed by atoms with Crippen LogP contribution in [-0.4, -0.2) is 5.11 Å². The van der Waals surface area contributed by atoms with Gasteiger partial charge in [0.15, 0.2) is 0 Å². The van der Waals surface area contributed by atoms with E-state index in [-0.39, 0.29) is 0 Å². The van der Waals surface area contributed by atoms with Crippen molar-refractivity contribution in [2.45, 2.75) is 0 Å². The van der Waals surface area contributed by atoms with Crippen LogP contribution in [0, 0.1) is 7.11 Å². The number of rotatable bonds is 0. The molecule has 0 fully saturated rings. The van der Waals surface area contributed by atoms with Crippen LogP contribution in [0.5, 0.6) is 0 Å². The van der Waals surface area contributed by atoms with Gasteiger partial charge < -0.3 is 5.11 Å². The number of hydrogen-bond donors (Lipinski definition) is 1. The summed E-state index contributed by atoms with van der Waals surface area (Å²) in [5, 5.41) is 6.75. The molecule has 1 nitrogen and oxygen atoms in total. The molecule has 0 aromatic carbocycles. The Morgan fingerprint density at radius 3 is 0.800 bits per heavy atom. The molecule has 0 spiro atoms. The van der Waals surface area contributed by atoms with E-state index in [1.54, 1.807) is 0 Å². The second kappa shape index (κ2) is 0.000166. The van der Waals surface area contributed by atoms with Gasteiger partial charge in [0.25, 0.3) is 0 Å². The first-order valence-electron chi connectivity index (χ1n) is 0.316. The van der Waals surface area contributed by atoms with E-state index in [0.717, 1.165) is 0 Å². The Morgan fingerprint density at radius 1 is 0.800 bits per heavy atom. The van der Waals surface area contributed by atoms with Crippen molar-refractivity contribution in [3.05, 3.63) is 7.11 Å². The average molecular weight is 832 g/mol. The van der Waals surface area contributed by atoms with E-state index in [1.165, 1.54) is 0 Å². The normalized spacial score (nSPS) is 1.20. The number of aliphatic hydroxyl groups is 1. The summed E-state index contributed by atoms with van der Waals surface area (Å²) >= 11 is 0. The van der Waals surface area contributed by atoms with E-state index in [9.17, 15) is 0 Å². The van der Waals surface area contributed by atoms with Crippen molar-refractivity contribution in [1.29, 1.82) is 0 Å². The average Bonchev–Trinajstić information content (AvgIpc) is 1.00. The summed E-state index contributed by atoms with van der Waals surface area (Å²) < 4.78 is 0. The van der Waals surface area contributed by atoms with Crippen molar-refractivity contribution in [2.24, 2.45) is 0 Å². The monoisotopic (exact) mass is 832 g/mol. The summed E-state index contributed by atoms with van der Waals surface area (Å²) in [4.78, 5) is 0. The molecule has 0 aromatic rings. The molecule has 5 heavy (non-hydrogen) atoms. The SMILES string of the molecule is [CH2-]O.[Rf].[Rf].[Rf]. The molecule has 0 heterocycles. The first-order valence-corrected chi connectivity index (χ1v) is 0.316. The van der Waals surface area contributed by atoms with Crippen molar-refractivity contribution < 1.29 is 5.11 Å². The van der Waals surface area contributed by atoms with Crippen LogP contribution in [0.1, 0.15) is 0 Å². The van der Waals surface area contributed by atoms with Gasteiger partial charge in [-0.15, -0.1) is 0 Å². The van der Waals surface area contributed by atoms with E-state index >= 15 is 0 Å². The molecule has 0 aliphatic carbocycles. The first-order chi connectivity index (χ1) is 1.00. The van der Waals surface area contributed by atoms with Crippen molar-refractivity contribution in [2.75, 3.05) is 0 Å². The maximum absolute atomic E-state index is 6.75. The van der Waals surface area contributed by atoms with Gasteiger partial charge in [-0.3, -0.25) is 0 Å². The molecule has 0 aromatic heterocycles. The summed E-state index contributed by atoms with van der Waals surface area (Å²) in [6.45, 7) is 0. The van der Waals surface area contributed by atoms with Gasteiger partial charge >= 0.3 is 0 Å². The van der Waals surface area contributed by atoms with Gasteiger partial charge in [0.2, 0.25) is 0 Å². The van der Waals surface area contributed by atoms with Crippen molar-refractivity contribution in [1.82, 2.24) is 0 Å². The predicted molar refractivity (Wildman–Crippen MR) is 7.29 cm³/mol. The third-order valence-corrected chi connectivity index (χ3v) is 0. The molecule has 0 atom stereocenters. The molecule has 0 aliphatic rings. The van der Waals surface area contributed by atoms with E-state index in [4.69, 9.17) is 5.11 Å². The minimum Gasteiger partial charge on any atom is -0.569 e. The molecule has 0 aliphatic heterocycles. The first kappa shape index (κ1) is 0.434. The smallest absolute Gasteiger partial charge is 0 e. The molecule has 0 radical (unpaired) electrons. The molecule has 0 saturated heterocycles. The Hall–Kier alpha value is -3.04. The molecule has 0 unspecified atom stereocenters. The van der Waals surface area contributed by atoms with Gasteiger partial charge in [-0.1, -0.05) is 0 Å². The van der Waals surface area contributed by atoms with E-state index in [2.05, 4.69) is 7.11 Å². The molecule has 1 N–H and O–H groups in total. The van der Waals surface area contributed by atoms with E-state index < -0.39 is 0 Å². The van der Waals surface area contributed by atoms with Crippen molar-refractivity contribution in [3.63, 3.8) is 0 Å². The quantitative estimate of drug-likeness (QED) is 0.346. The van der Waals surface area contributed by atoms with Gasteiger partial charge in [-0.05, 0) is 0 Å². The second-order valence-electron chi connectivity index (χ2n) is 0. The fourth-order valence-corrected chi connectivity index (χ4v) is 0. The van der Waals surface area contributed by atoms with Crippen LogP contribution >= 0.6 is 0 Å². The third kappa shape index (κ3) is 0.112. The number of hydrogen-bond acceptors (Lipinski definition) is 1. The minimum atomic E-state index is 0. The summed E-state index contributed by atoms with van der Waals surface area (Å²) in [5.41, 5.74) is 0. The largest absolute Gasteiger partial charge is 0.569 e. The van der Waals surface area contributed by atoms with Crippen LogP contribution in [0.2, 0.25) is 0 Å². The van der Waals surface area contributed by atoms with Gasteiger partial charge in [0, 0.05) is 0 Å². The Bertz CT molecular complexity index is 6.85. The van der Waals surface area contributed by atoms with Crippen LogP contribution in [0.3, 0.4) is 0 Å². The molecule has 0 amide bonds. The van der Waals surface area contributed by atoms with E-state index in [1.807, 2.05) is 0 Å².